The van der Waals surface area contributed by atoms with Gasteiger partial charge >= 0.3 is 0 Å². The third-order valence-electron chi connectivity index (χ3n) is 4.08. The minimum atomic E-state index is 0.203. The van der Waals surface area contributed by atoms with Crippen molar-refractivity contribution in [2.75, 3.05) is 13.6 Å². The maximum absolute atomic E-state index is 12.2. The fourth-order valence-electron chi connectivity index (χ4n) is 2.71. The second-order valence-electron chi connectivity index (χ2n) is 5.98. The number of carbonyl (C=O) groups is 1. The predicted molar refractivity (Wildman–Crippen MR) is 78.0 cm³/mol. The van der Waals surface area contributed by atoms with Crippen molar-refractivity contribution in [2.45, 2.75) is 39.2 Å². The standard InChI is InChI=1S/C16H24N2O/c1-11-4-5-12(2)14(6-11)9-16(19)18(3)10-13-7-15(17)8-13/h4-6,13,15H,7-10,17H2,1-3H3. The number of aryl methyl sites for hydroxylation is 2. The molecular weight excluding hydrogens is 236 g/mol. The summed E-state index contributed by atoms with van der Waals surface area (Å²) in [5.74, 6) is 0.803. The van der Waals surface area contributed by atoms with Crippen LogP contribution in [0.5, 0.6) is 0 Å². The minimum Gasteiger partial charge on any atom is -0.345 e. The number of benzene rings is 1. The average molecular weight is 260 g/mol. The molecule has 1 aromatic carbocycles. The van der Waals surface area contributed by atoms with Gasteiger partial charge in [-0.1, -0.05) is 23.8 Å². The van der Waals surface area contributed by atoms with Gasteiger partial charge in [-0.05, 0) is 43.7 Å². The molecule has 0 bridgehead atoms. The summed E-state index contributed by atoms with van der Waals surface area (Å²) in [6.45, 7) is 4.97. The number of likely N-dealkylation sites (N-methyl/N-ethyl adjacent to an activating group) is 1. The lowest BCUT2D eigenvalue weighted by atomic mass is 9.80. The maximum atomic E-state index is 12.2. The van der Waals surface area contributed by atoms with Gasteiger partial charge in [-0.3, -0.25) is 4.79 Å². The molecule has 3 nitrogen and oxygen atoms in total. The van der Waals surface area contributed by atoms with Gasteiger partial charge in [0.2, 0.25) is 5.91 Å². The monoisotopic (exact) mass is 260 g/mol. The van der Waals surface area contributed by atoms with Gasteiger partial charge in [-0.2, -0.15) is 0 Å². The molecule has 1 saturated carbocycles. The Kier molecular flexibility index (Phi) is 4.25. The zero-order valence-corrected chi connectivity index (χ0v) is 12.1. The van der Waals surface area contributed by atoms with Crippen molar-refractivity contribution >= 4 is 5.91 Å². The van der Waals surface area contributed by atoms with Crippen molar-refractivity contribution in [1.82, 2.24) is 4.90 Å². The first kappa shape index (κ1) is 14.1. The van der Waals surface area contributed by atoms with Crippen LogP contribution < -0.4 is 5.73 Å². The highest BCUT2D eigenvalue weighted by atomic mass is 16.2. The molecule has 0 saturated heterocycles. The van der Waals surface area contributed by atoms with E-state index in [-0.39, 0.29) is 5.91 Å². The summed E-state index contributed by atoms with van der Waals surface area (Å²) in [5.41, 5.74) is 9.32. The predicted octanol–water partition coefficient (Wildman–Crippen LogP) is 2.04. The molecule has 0 aliphatic heterocycles. The van der Waals surface area contributed by atoms with Gasteiger partial charge in [0.15, 0.2) is 0 Å². The van der Waals surface area contributed by atoms with E-state index in [1.807, 2.05) is 11.9 Å². The summed E-state index contributed by atoms with van der Waals surface area (Å²) in [7, 11) is 1.90. The molecule has 1 amide bonds. The molecule has 0 spiro atoms. The molecule has 0 radical (unpaired) electrons. The summed E-state index contributed by atoms with van der Waals surface area (Å²) in [6, 6.07) is 6.64. The van der Waals surface area contributed by atoms with Crippen molar-refractivity contribution < 1.29 is 4.79 Å². The van der Waals surface area contributed by atoms with Crippen LogP contribution in [0.4, 0.5) is 0 Å². The number of rotatable bonds is 4. The highest BCUT2D eigenvalue weighted by Crippen LogP contribution is 2.26. The summed E-state index contributed by atoms with van der Waals surface area (Å²) in [4.78, 5) is 14.1. The molecule has 2 N–H and O–H groups in total. The lowest BCUT2D eigenvalue weighted by molar-refractivity contribution is -0.130. The van der Waals surface area contributed by atoms with Crippen LogP contribution >= 0.6 is 0 Å². The molecule has 2 rings (SSSR count). The number of hydrogen-bond acceptors (Lipinski definition) is 2. The third kappa shape index (κ3) is 3.57. The van der Waals surface area contributed by atoms with E-state index in [9.17, 15) is 4.79 Å². The van der Waals surface area contributed by atoms with Gasteiger partial charge in [0.25, 0.3) is 0 Å². The van der Waals surface area contributed by atoms with Crippen LogP contribution in [0.15, 0.2) is 18.2 Å². The van der Waals surface area contributed by atoms with Gasteiger partial charge < -0.3 is 10.6 Å². The zero-order valence-electron chi connectivity index (χ0n) is 12.1. The molecule has 0 aromatic heterocycles. The summed E-state index contributed by atoms with van der Waals surface area (Å²) in [6.07, 6.45) is 2.62. The fraction of sp³-hybridized carbons (Fsp3) is 0.562. The summed E-state index contributed by atoms with van der Waals surface area (Å²) < 4.78 is 0. The van der Waals surface area contributed by atoms with Crippen molar-refractivity contribution in [3.05, 3.63) is 34.9 Å². The van der Waals surface area contributed by atoms with Crippen LogP contribution in [0, 0.1) is 19.8 Å². The van der Waals surface area contributed by atoms with E-state index >= 15 is 0 Å². The van der Waals surface area contributed by atoms with Crippen molar-refractivity contribution in [3.63, 3.8) is 0 Å². The van der Waals surface area contributed by atoms with Crippen molar-refractivity contribution in [2.24, 2.45) is 11.7 Å². The van der Waals surface area contributed by atoms with Crippen LogP contribution in [0.2, 0.25) is 0 Å². The number of hydrogen-bond donors (Lipinski definition) is 1. The molecule has 0 heterocycles. The highest BCUT2D eigenvalue weighted by molar-refractivity contribution is 5.79. The molecule has 0 atom stereocenters. The maximum Gasteiger partial charge on any atom is 0.226 e. The van der Waals surface area contributed by atoms with E-state index in [1.165, 1.54) is 11.1 Å². The Hall–Kier alpha value is -1.35. The van der Waals surface area contributed by atoms with Crippen LogP contribution in [0.1, 0.15) is 29.5 Å². The fourth-order valence-corrected chi connectivity index (χ4v) is 2.71. The number of nitrogens with zero attached hydrogens (tertiary/aromatic N) is 1. The van der Waals surface area contributed by atoms with Crippen LogP contribution in [0.25, 0.3) is 0 Å². The van der Waals surface area contributed by atoms with Gasteiger partial charge in [-0.25, -0.2) is 0 Å². The lowest BCUT2D eigenvalue weighted by Crippen LogP contribution is -2.43. The van der Waals surface area contributed by atoms with Gasteiger partial charge in [0.05, 0.1) is 6.42 Å². The second kappa shape index (κ2) is 5.74. The molecule has 1 aliphatic carbocycles. The van der Waals surface area contributed by atoms with E-state index in [0.29, 0.717) is 18.4 Å². The van der Waals surface area contributed by atoms with Gasteiger partial charge in [0, 0.05) is 19.6 Å². The Balaban J connectivity index is 1.91. The van der Waals surface area contributed by atoms with E-state index in [4.69, 9.17) is 5.73 Å². The van der Waals surface area contributed by atoms with E-state index in [1.54, 1.807) is 0 Å². The topological polar surface area (TPSA) is 46.3 Å². The Labute approximate surface area is 115 Å². The lowest BCUT2D eigenvalue weighted by Gasteiger charge is -2.35. The molecule has 1 fully saturated rings. The molecular formula is C16H24N2O. The summed E-state index contributed by atoms with van der Waals surface area (Å²) in [5, 5.41) is 0. The first-order chi connectivity index (χ1) is 8.95. The second-order valence-corrected chi connectivity index (χ2v) is 5.98. The Morgan fingerprint density at radius 1 is 1.37 bits per heavy atom. The van der Waals surface area contributed by atoms with E-state index in [0.717, 1.165) is 24.9 Å². The molecule has 1 aromatic rings. The third-order valence-corrected chi connectivity index (χ3v) is 4.08. The Bertz CT molecular complexity index is 464. The molecule has 0 unspecified atom stereocenters. The summed E-state index contributed by atoms with van der Waals surface area (Å²) >= 11 is 0. The minimum absolute atomic E-state index is 0.203. The van der Waals surface area contributed by atoms with E-state index in [2.05, 4.69) is 32.0 Å². The van der Waals surface area contributed by atoms with Crippen molar-refractivity contribution in [3.8, 4) is 0 Å². The molecule has 104 valence electrons. The number of nitrogens with two attached hydrogens (primary N) is 1. The van der Waals surface area contributed by atoms with Crippen LogP contribution in [-0.2, 0) is 11.2 Å². The first-order valence-corrected chi connectivity index (χ1v) is 7.01. The van der Waals surface area contributed by atoms with Crippen LogP contribution in [0.3, 0.4) is 0 Å². The van der Waals surface area contributed by atoms with Gasteiger partial charge in [0.1, 0.15) is 0 Å². The molecule has 3 heteroatoms. The Morgan fingerprint density at radius 3 is 2.68 bits per heavy atom. The van der Waals surface area contributed by atoms with E-state index < -0.39 is 0 Å². The molecule has 1 aliphatic rings. The largest absolute Gasteiger partial charge is 0.345 e. The Morgan fingerprint density at radius 2 is 2.05 bits per heavy atom. The van der Waals surface area contributed by atoms with Crippen molar-refractivity contribution in [1.29, 1.82) is 0 Å². The molecule has 19 heavy (non-hydrogen) atoms. The zero-order chi connectivity index (χ0) is 14.0. The average Bonchev–Trinajstić information content (AvgIpc) is 2.31. The normalized spacial score (nSPS) is 21.9. The SMILES string of the molecule is Cc1ccc(C)c(CC(=O)N(C)CC2CC(N)C2)c1. The number of carbonyl (C=O) groups excluding carboxylic acids is 1. The van der Waals surface area contributed by atoms with Gasteiger partial charge in [-0.15, -0.1) is 0 Å². The number of amides is 1. The highest BCUT2D eigenvalue weighted by Gasteiger charge is 2.27. The quantitative estimate of drug-likeness (QED) is 0.900. The van der Waals surface area contributed by atoms with Crippen LogP contribution in [-0.4, -0.2) is 30.4 Å². The first-order valence-electron chi connectivity index (χ1n) is 7.01. The smallest absolute Gasteiger partial charge is 0.226 e.